The summed E-state index contributed by atoms with van der Waals surface area (Å²) in [7, 11) is -1.64. The van der Waals surface area contributed by atoms with Crippen molar-refractivity contribution in [1.82, 2.24) is 9.21 Å². The van der Waals surface area contributed by atoms with Crippen LogP contribution in [0.2, 0.25) is 0 Å². The number of rotatable bonds is 7. The van der Waals surface area contributed by atoms with E-state index in [1.54, 1.807) is 4.31 Å². The number of ether oxygens (including phenoxy) is 1. The maximum atomic E-state index is 12.0. The molecule has 0 aromatic carbocycles. The lowest BCUT2D eigenvalue weighted by atomic mass is 10.1. The van der Waals surface area contributed by atoms with E-state index in [-0.39, 0.29) is 12.4 Å². The Hall–Kier alpha value is -0.210. The van der Waals surface area contributed by atoms with E-state index in [0.29, 0.717) is 25.7 Å². The first-order valence-corrected chi connectivity index (χ1v) is 8.07. The molecule has 1 heterocycles. The molecule has 0 radical (unpaired) electrons. The topological polar surface area (TPSA) is 75.9 Å². The molecule has 0 spiro atoms. The molecular weight excluding hydrogens is 254 g/mol. The van der Waals surface area contributed by atoms with E-state index < -0.39 is 10.0 Å². The van der Waals surface area contributed by atoms with Crippen molar-refractivity contribution in [2.45, 2.75) is 19.4 Å². The van der Waals surface area contributed by atoms with E-state index in [4.69, 9.17) is 10.5 Å². The van der Waals surface area contributed by atoms with Crippen molar-refractivity contribution >= 4 is 10.0 Å². The van der Waals surface area contributed by atoms with Gasteiger partial charge in [0.15, 0.2) is 0 Å². The minimum absolute atomic E-state index is 0.0671. The average molecular weight is 279 g/mol. The zero-order chi connectivity index (χ0) is 13.6. The molecule has 0 saturated carbocycles. The van der Waals surface area contributed by atoms with Gasteiger partial charge >= 0.3 is 0 Å². The van der Waals surface area contributed by atoms with Crippen LogP contribution < -0.4 is 5.73 Å². The molecule has 0 bridgehead atoms. The van der Waals surface area contributed by atoms with E-state index in [1.165, 1.54) is 7.11 Å². The number of piperazine rings is 1. The minimum atomic E-state index is -3.16. The van der Waals surface area contributed by atoms with Gasteiger partial charge in [0, 0.05) is 45.9 Å². The highest BCUT2D eigenvalue weighted by Gasteiger charge is 2.28. The summed E-state index contributed by atoms with van der Waals surface area (Å²) in [6.07, 6.45) is 1.01. The molecule has 2 N–H and O–H groups in total. The first kappa shape index (κ1) is 15.8. The fourth-order valence-corrected chi connectivity index (χ4v) is 3.59. The van der Waals surface area contributed by atoms with Crippen LogP contribution in [-0.2, 0) is 14.8 Å². The Labute approximate surface area is 110 Å². The predicted molar refractivity (Wildman–Crippen MR) is 71.9 cm³/mol. The van der Waals surface area contributed by atoms with Crippen LogP contribution in [0.4, 0.5) is 0 Å². The molecule has 0 aromatic heterocycles. The van der Waals surface area contributed by atoms with E-state index in [1.807, 2.05) is 0 Å². The number of methoxy groups -OCH3 is 1. The summed E-state index contributed by atoms with van der Waals surface area (Å²) in [5.74, 6) is 0.0671. The standard InChI is InChI=1S/C11H25N3O3S/c1-3-11(10-12)13-4-6-14(7-5-13)18(15,16)9-8-17-2/h11H,3-10,12H2,1-2H3. The highest BCUT2D eigenvalue weighted by Crippen LogP contribution is 2.12. The molecule has 1 fully saturated rings. The molecular formula is C11H25N3O3S. The Morgan fingerprint density at radius 1 is 1.28 bits per heavy atom. The largest absolute Gasteiger partial charge is 0.384 e. The van der Waals surface area contributed by atoms with Crippen LogP contribution in [0.5, 0.6) is 0 Å². The van der Waals surface area contributed by atoms with Gasteiger partial charge in [-0.15, -0.1) is 0 Å². The number of sulfonamides is 1. The van der Waals surface area contributed by atoms with Gasteiger partial charge in [-0.2, -0.15) is 4.31 Å². The zero-order valence-electron chi connectivity index (χ0n) is 11.3. The van der Waals surface area contributed by atoms with Crippen molar-refractivity contribution < 1.29 is 13.2 Å². The van der Waals surface area contributed by atoms with Crippen molar-refractivity contribution in [3.63, 3.8) is 0 Å². The summed E-state index contributed by atoms with van der Waals surface area (Å²) >= 11 is 0. The smallest absolute Gasteiger partial charge is 0.216 e. The van der Waals surface area contributed by atoms with E-state index >= 15 is 0 Å². The van der Waals surface area contributed by atoms with Crippen LogP contribution in [0.1, 0.15) is 13.3 Å². The first-order valence-electron chi connectivity index (χ1n) is 6.46. The summed E-state index contributed by atoms with van der Waals surface area (Å²) in [5, 5.41) is 0. The van der Waals surface area contributed by atoms with Crippen LogP contribution in [0.15, 0.2) is 0 Å². The third-order valence-corrected chi connectivity index (χ3v) is 5.31. The van der Waals surface area contributed by atoms with Gasteiger partial charge in [0.2, 0.25) is 10.0 Å². The second-order valence-electron chi connectivity index (χ2n) is 4.54. The zero-order valence-corrected chi connectivity index (χ0v) is 12.2. The average Bonchev–Trinajstić information content (AvgIpc) is 2.38. The van der Waals surface area contributed by atoms with Gasteiger partial charge < -0.3 is 10.5 Å². The van der Waals surface area contributed by atoms with Crippen molar-refractivity contribution in [3.05, 3.63) is 0 Å². The summed E-state index contributed by atoms with van der Waals surface area (Å²) < 4.78 is 30.3. The van der Waals surface area contributed by atoms with Crippen LogP contribution in [0.3, 0.4) is 0 Å². The maximum absolute atomic E-state index is 12.0. The summed E-state index contributed by atoms with van der Waals surface area (Å²) in [4.78, 5) is 2.28. The lowest BCUT2D eigenvalue weighted by Gasteiger charge is -2.38. The fraction of sp³-hybridized carbons (Fsp3) is 1.00. The van der Waals surface area contributed by atoms with Crippen LogP contribution in [0, 0.1) is 0 Å². The molecule has 7 heteroatoms. The lowest BCUT2D eigenvalue weighted by molar-refractivity contribution is 0.136. The Balaban J connectivity index is 2.48. The molecule has 108 valence electrons. The van der Waals surface area contributed by atoms with Gasteiger partial charge in [-0.3, -0.25) is 4.90 Å². The Morgan fingerprint density at radius 2 is 1.89 bits per heavy atom. The molecule has 1 rings (SSSR count). The van der Waals surface area contributed by atoms with Gasteiger partial charge in [0.05, 0.1) is 12.4 Å². The normalized spacial score (nSPS) is 21.1. The monoisotopic (exact) mass is 279 g/mol. The molecule has 1 saturated heterocycles. The number of hydrogen-bond donors (Lipinski definition) is 1. The van der Waals surface area contributed by atoms with Gasteiger partial charge in [0.25, 0.3) is 0 Å². The molecule has 1 aliphatic rings. The van der Waals surface area contributed by atoms with Crippen molar-refractivity contribution in [2.24, 2.45) is 5.73 Å². The third-order valence-electron chi connectivity index (χ3n) is 3.47. The van der Waals surface area contributed by atoms with E-state index in [2.05, 4.69) is 11.8 Å². The molecule has 0 aromatic rings. The van der Waals surface area contributed by atoms with E-state index in [9.17, 15) is 8.42 Å². The minimum Gasteiger partial charge on any atom is -0.384 e. The third kappa shape index (κ3) is 4.17. The van der Waals surface area contributed by atoms with Gasteiger partial charge in [0.1, 0.15) is 0 Å². The summed E-state index contributed by atoms with van der Waals surface area (Å²) in [6.45, 7) is 5.64. The van der Waals surface area contributed by atoms with Crippen LogP contribution in [-0.4, -0.2) is 75.9 Å². The number of nitrogens with zero attached hydrogens (tertiary/aromatic N) is 2. The van der Waals surface area contributed by atoms with Gasteiger partial charge in [-0.1, -0.05) is 6.92 Å². The van der Waals surface area contributed by atoms with Crippen LogP contribution >= 0.6 is 0 Å². The molecule has 0 amide bonds. The quantitative estimate of drug-likeness (QED) is 0.668. The van der Waals surface area contributed by atoms with E-state index in [0.717, 1.165) is 19.5 Å². The molecule has 1 atom stereocenters. The van der Waals surface area contributed by atoms with Gasteiger partial charge in [-0.25, -0.2) is 8.42 Å². The second kappa shape index (κ2) is 7.40. The highest BCUT2D eigenvalue weighted by molar-refractivity contribution is 7.89. The Morgan fingerprint density at radius 3 is 2.33 bits per heavy atom. The molecule has 1 unspecified atom stereocenters. The SMILES string of the molecule is CCC(CN)N1CCN(S(=O)(=O)CCOC)CC1. The molecule has 0 aliphatic carbocycles. The molecule has 6 nitrogen and oxygen atoms in total. The maximum Gasteiger partial charge on any atom is 0.216 e. The Bertz CT molecular complexity index is 322. The molecule has 1 aliphatic heterocycles. The number of nitrogens with two attached hydrogens (primary N) is 1. The molecule has 18 heavy (non-hydrogen) atoms. The highest BCUT2D eigenvalue weighted by atomic mass is 32.2. The van der Waals surface area contributed by atoms with Crippen molar-refractivity contribution in [1.29, 1.82) is 0 Å². The summed E-state index contributed by atoms with van der Waals surface area (Å²) in [5.41, 5.74) is 5.71. The summed E-state index contributed by atoms with van der Waals surface area (Å²) in [6, 6.07) is 0.369. The van der Waals surface area contributed by atoms with Crippen LogP contribution in [0.25, 0.3) is 0 Å². The Kier molecular flexibility index (Phi) is 6.51. The number of hydrogen-bond acceptors (Lipinski definition) is 5. The lowest BCUT2D eigenvalue weighted by Crippen LogP contribution is -2.53. The first-order chi connectivity index (χ1) is 8.55. The van der Waals surface area contributed by atoms with Crippen molar-refractivity contribution in [2.75, 3.05) is 52.2 Å². The van der Waals surface area contributed by atoms with Crippen molar-refractivity contribution in [3.8, 4) is 0 Å². The van der Waals surface area contributed by atoms with Gasteiger partial charge in [-0.05, 0) is 6.42 Å². The fourth-order valence-electron chi connectivity index (χ4n) is 2.24. The second-order valence-corrected chi connectivity index (χ2v) is 6.63. The predicted octanol–water partition coefficient (Wildman–Crippen LogP) is -0.682.